The Bertz CT molecular complexity index is 286. The zero-order valence-electron chi connectivity index (χ0n) is 5.78. The molecule has 0 aromatic heterocycles. The van der Waals surface area contributed by atoms with E-state index in [0.717, 1.165) is 5.69 Å². The van der Waals surface area contributed by atoms with Crippen LogP contribution in [0.3, 0.4) is 0 Å². The van der Waals surface area contributed by atoms with Gasteiger partial charge in [0, 0.05) is 12.1 Å². The lowest BCUT2D eigenvalue weighted by atomic mass is 10.3. The summed E-state index contributed by atoms with van der Waals surface area (Å²) in [5, 5.41) is 10.3. The molecular weight excluding hydrogens is 292 g/mol. The first-order chi connectivity index (χ1) is 5.61. The molecule has 0 saturated carbocycles. The highest BCUT2D eigenvalue weighted by atomic mass is 79.9. The Kier molecular flexibility index (Phi) is 3.05. The number of nitrogens with zero attached hydrogens (tertiary/aromatic N) is 2. The minimum absolute atomic E-state index is 0.0839. The van der Waals surface area contributed by atoms with Crippen LogP contribution in [-0.2, 0) is 0 Å². The third-order valence-electron chi connectivity index (χ3n) is 1.26. The van der Waals surface area contributed by atoms with Gasteiger partial charge in [-0.1, -0.05) is 0 Å². The van der Waals surface area contributed by atoms with Crippen molar-refractivity contribution in [2.75, 3.05) is 2.95 Å². The normalized spacial score (nSPS) is 9.50. The van der Waals surface area contributed by atoms with E-state index in [2.05, 4.69) is 32.3 Å². The molecule has 12 heavy (non-hydrogen) atoms. The highest BCUT2D eigenvalue weighted by molar-refractivity contribution is 9.25. The topological polar surface area (TPSA) is 46.4 Å². The summed E-state index contributed by atoms with van der Waals surface area (Å²) in [6.07, 6.45) is 0. The lowest BCUT2D eigenvalue weighted by Gasteiger charge is -2.04. The van der Waals surface area contributed by atoms with Crippen LogP contribution in [0.15, 0.2) is 24.3 Å². The van der Waals surface area contributed by atoms with E-state index < -0.39 is 4.92 Å². The first-order valence-electron chi connectivity index (χ1n) is 2.97. The Labute approximate surface area is 86.0 Å². The number of non-ortho nitro benzene ring substituents is 1. The maximum Gasteiger partial charge on any atom is 0.269 e. The number of rotatable bonds is 2. The molecule has 0 aliphatic rings. The Morgan fingerprint density at radius 2 is 1.75 bits per heavy atom. The Morgan fingerprint density at radius 1 is 1.25 bits per heavy atom. The molecule has 0 aliphatic heterocycles. The maximum absolute atomic E-state index is 10.3. The second kappa shape index (κ2) is 3.86. The fourth-order valence-corrected chi connectivity index (χ4v) is 1.16. The second-order valence-electron chi connectivity index (χ2n) is 2.01. The number of benzene rings is 1. The zero-order valence-corrected chi connectivity index (χ0v) is 8.95. The molecule has 0 spiro atoms. The Morgan fingerprint density at radius 3 is 2.08 bits per heavy atom. The summed E-state index contributed by atoms with van der Waals surface area (Å²) < 4.78 is 1.52. The Balaban J connectivity index is 2.93. The average Bonchev–Trinajstić information content (AvgIpc) is 2.04. The van der Waals surface area contributed by atoms with Gasteiger partial charge in [-0.3, -0.25) is 10.1 Å². The van der Waals surface area contributed by atoms with Gasteiger partial charge in [0.25, 0.3) is 5.69 Å². The number of nitro benzene ring substituents is 1. The van der Waals surface area contributed by atoms with Gasteiger partial charge in [-0.2, -0.15) is 0 Å². The molecule has 0 heterocycles. The predicted octanol–water partition coefficient (Wildman–Crippen LogP) is 3.02. The van der Waals surface area contributed by atoms with Crippen molar-refractivity contribution in [2.24, 2.45) is 0 Å². The van der Waals surface area contributed by atoms with E-state index in [-0.39, 0.29) is 5.69 Å². The standard InChI is InChI=1S/C6H4Br2N2O2/c7-9(8)5-1-3-6(4-2-5)10(11)12/h1-4H. The van der Waals surface area contributed by atoms with Gasteiger partial charge in [-0.15, -0.1) is 0 Å². The van der Waals surface area contributed by atoms with E-state index in [0.29, 0.717) is 0 Å². The van der Waals surface area contributed by atoms with Crippen molar-refractivity contribution in [3.05, 3.63) is 34.4 Å². The largest absolute Gasteiger partial charge is 0.269 e. The quantitative estimate of drug-likeness (QED) is 0.479. The summed E-state index contributed by atoms with van der Waals surface area (Å²) in [6, 6.07) is 6.12. The third kappa shape index (κ3) is 2.18. The molecule has 0 fully saturated rings. The molecule has 0 atom stereocenters. The first kappa shape index (κ1) is 9.47. The number of halogens is 2. The predicted molar refractivity (Wildman–Crippen MR) is 53.4 cm³/mol. The molecule has 4 nitrogen and oxygen atoms in total. The summed E-state index contributed by atoms with van der Waals surface area (Å²) in [4.78, 5) is 9.82. The van der Waals surface area contributed by atoms with Gasteiger partial charge >= 0.3 is 0 Å². The fraction of sp³-hybridized carbons (Fsp3) is 0. The van der Waals surface area contributed by atoms with E-state index in [1.54, 1.807) is 12.1 Å². The molecule has 0 amide bonds. The first-order valence-corrected chi connectivity index (χ1v) is 4.39. The fourth-order valence-electron chi connectivity index (χ4n) is 0.687. The molecule has 1 rings (SSSR count). The minimum Gasteiger partial charge on any atom is -0.258 e. The molecule has 0 unspecified atom stereocenters. The molecular formula is C6H4Br2N2O2. The lowest BCUT2D eigenvalue weighted by molar-refractivity contribution is -0.384. The molecule has 0 aliphatic carbocycles. The van der Waals surface area contributed by atoms with Crippen LogP contribution in [0.25, 0.3) is 0 Å². The number of hydrogen-bond donors (Lipinski definition) is 0. The van der Waals surface area contributed by atoms with E-state index in [1.807, 2.05) is 0 Å². The third-order valence-corrected chi connectivity index (χ3v) is 2.07. The lowest BCUT2D eigenvalue weighted by Crippen LogP contribution is -1.91. The number of hydrogen-bond acceptors (Lipinski definition) is 3. The highest BCUT2D eigenvalue weighted by Crippen LogP contribution is 2.24. The molecule has 0 radical (unpaired) electrons. The van der Waals surface area contributed by atoms with Gasteiger partial charge in [-0.05, 0) is 12.1 Å². The van der Waals surface area contributed by atoms with Crippen LogP contribution >= 0.6 is 32.3 Å². The van der Waals surface area contributed by atoms with E-state index in [4.69, 9.17) is 0 Å². The van der Waals surface area contributed by atoms with Gasteiger partial charge in [0.05, 0.1) is 42.9 Å². The number of anilines is 1. The molecule has 1 aromatic carbocycles. The molecule has 0 bridgehead atoms. The molecule has 0 N–H and O–H groups in total. The molecule has 64 valence electrons. The van der Waals surface area contributed by atoms with E-state index >= 15 is 0 Å². The highest BCUT2D eigenvalue weighted by Gasteiger charge is 2.05. The van der Waals surface area contributed by atoms with E-state index in [1.165, 1.54) is 15.1 Å². The molecule has 6 heteroatoms. The summed E-state index contributed by atoms with van der Waals surface area (Å²) >= 11 is 6.25. The summed E-state index contributed by atoms with van der Waals surface area (Å²) in [6.45, 7) is 0. The summed E-state index contributed by atoms with van der Waals surface area (Å²) in [5.41, 5.74) is 0.876. The van der Waals surface area contributed by atoms with E-state index in [9.17, 15) is 10.1 Å². The van der Waals surface area contributed by atoms with Crippen LogP contribution in [0.4, 0.5) is 11.4 Å². The van der Waals surface area contributed by atoms with Gasteiger partial charge in [0.1, 0.15) is 0 Å². The van der Waals surface area contributed by atoms with Gasteiger partial charge in [0.15, 0.2) is 0 Å². The van der Waals surface area contributed by atoms with Crippen molar-refractivity contribution in [3.8, 4) is 0 Å². The van der Waals surface area contributed by atoms with Crippen molar-refractivity contribution >= 4 is 43.7 Å². The maximum atomic E-state index is 10.3. The van der Waals surface area contributed by atoms with Crippen molar-refractivity contribution in [2.45, 2.75) is 0 Å². The smallest absolute Gasteiger partial charge is 0.258 e. The monoisotopic (exact) mass is 294 g/mol. The van der Waals surface area contributed by atoms with Gasteiger partial charge in [-0.25, -0.2) is 2.95 Å². The van der Waals surface area contributed by atoms with Crippen LogP contribution < -0.4 is 2.95 Å². The molecule has 0 saturated heterocycles. The van der Waals surface area contributed by atoms with Crippen LogP contribution in [0.5, 0.6) is 0 Å². The second-order valence-corrected chi connectivity index (χ2v) is 4.38. The zero-order chi connectivity index (χ0) is 9.14. The average molecular weight is 296 g/mol. The van der Waals surface area contributed by atoms with Crippen molar-refractivity contribution < 1.29 is 4.92 Å². The van der Waals surface area contributed by atoms with Crippen molar-refractivity contribution in [1.82, 2.24) is 0 Å². The van der Waals surface area contributed by atoms with Crippen LogP contribution in [0.2, 0.25) is 0 Å². The number of nitro groups is 1. The van der Waals surface area contributed by atoms with Crippen LogP contribution in [0, 0.1) is 10.1 Å². The van der Waals surface area contributed by atoms with Gasteiger partial charge in [0.2, 0.25) is 0 Å². The van der Waals surface area contributed by atoms with Gasteiger partial charge < -0.3 is 0 Å². The van der Waals surface area contributed by atoms with Crippen molar-refractivity contribution in [1.29, 1.82) is 0 Å². The molecule has 1 aromatic rings. The van der Waals surface area contributed by atoms with Crippen LogP contribution in [-0.4, -0.2) is 4.92 Å². The Hall–Kier alpha value is -0.620. The van der Waals surface area contributed by atoms with Crippen molar-refractivity contribution in [3.63, 3.8) is 0 Å². The SMILES string of the molecule is O=[N+]([O-])c1ccc(N(Br)Br)cc1. The van der Waals surface area contributed by atoms with Crippen LogP contribution in [0.1, 0.15) is 0 Å². The summed E-state index contributed by atoms with van der Waals surface area (Å²) in [7, 11) is 0. The summed E-state index contributed by atoms with van der Waals surface area (Å²) in [5.74, 6) is 0. The minimum atomic E-state index is -0.434.